The Bertz CT molecular complexity index is 1180. The Kier molecular flexibility index (Phi) is 7.01. The molecule has 34 heavy (non-hydrogen) atoms. The van der Waals surface area contributed by atoms with Gasteiger partial charge in [-0.2, -0.15) is 23.3 Å². The monoisotopic (exact) mass is 474 g/mol. The lowest BCUT2D eigenvalue weighted by Crippen LogP contribution is -2.37. The molecule has 1 aliphatic heterocycles. The molecular formula is C23H22F4N6O. The molecule has 0 amide bonds. The Balaban J connectivity index is 1.41. The van der Waals surface area contributed by atoms with Gasteiger partial charge in [-0.3, -0.25) is 0 Å². The maximum absolute atomic E-state index is 14.1. The molecule has 2 aromatic carbocycles. The van der Waals surface area contributed by atoms with E-state index in [0.717, 1.165) is 29.5 Å². The Labute approximate surface area is 193 Å². The summed E-state index contributed by atoms with van der Waals surface area (Å²) >= 11 is 0. The van der Waals surface area contributed by atoms with Crippen LogP contribution in [0.3, 0.4) is 0 Å². The number of aromatic nitrogens is 2. The van der Waals surface area contributed by atoms with Crippen LogP contribution in [0.5, 0.6) is 0 Å². The van der Waals surface area contributed by atoms with Crippen molar-refractivity contribution >= 4 is 23.1 Å². The van der Waals surface area contributed by atoms with E-state index >= 15 is 0 Å². The van der Waals surface area contributed by atoms with Crippen LogP contribution in [0.2, 0.25) is 0 Å². The minimum Gasteiger partial charge on any atom is -0.378 e. The molecule has 0 spiro atoms. The molecule has 1 fully saturated rings. The highest BCUT2D eigenvalue weighted by atomic mass is 19.4. The number of anilines is 3. The van der Waals surface area contributed by atoms with Gasteiger partial charge in [0.25, 0.3) is 5.95 Å². The van der Waals surface area contributed by atoms with Gasteiger partial charge >= 0.3 is 6.18 Å². The van der Waals surface area contributed by atoms with Gasteiger partial charge < -0.3 is 15.0 Å². The zero-order valence-corrected chi connectivity index (χ0v) is 18.3. The number of hydrogen-bond acceptors (Lipinski definition) is 7. The summed E-state index contributed by atoms with van der Waals surface area (Å²) < 4.78 is 58.2. The number of alkyl halides is 3. The van der Waals surface area contributed by atoms with Gasteiger partial charge in [0, 0.05) is 24.5 Å². The topological polar surface area (TPSA) is 75.0 Å². The average molecular weight is 474 g/mol. The quantitative estimate of drug-likeness (QED) is 0.361. The Morgan fingerprint density at radius 3 is 2.59 bits per heavy atom. The Hall–Kier alpha value is -3.60. The van der Waals surface area contributed by atoms with Crippen LogP contribution in [0.1, 0.15) is 16.7 Å². The summed E-state index contributed by atoms with van der Waals surface area (Å²) in [5, 5.41) is 11.1. The molecule has 3 aromatic rings. The molecule has 4 rings (SSSR count). The van der Waals surface area contributed by atoms with Crippen molar-refractivity contribution in [2.45, 2.75) is 19.6 Å². The summed E-state index contributed by atoms with van der Waals surface area (Å²) in [6.07, 6.45) is -3.33. The summed E-state index contributed by atoms with van der Waals surface area (Å²) in [4.78, 5) is 9.82. The highest BCUT2D eigenvalue weighted by molar-refractivity contribution is 5.62. The van der Waals surface area contributed by atoms with Crippen molar-refractivity contribution in [3.63, 3.8) is 0 Å². The third-order valence-electron chi connectivity index (χ3n) is 5.25. The molecule has 7 nitrogen and oxygen atoms in total. The van der Waals surface area contributed by atoms with E-state index in [1.54, 1.807) is 17.0 Å². The summed E-state index contributed by atoms with van der Waals surface area (Å²) in [5.41, 5.74) is 2.02. The largest absolute Gasteiger partial charge is 0.416 e. The molecule has 0 atom stereocenters. The first-order chi connectivity index (χ1) is 16.3. The fourth-order valence-electron chi connectivity index (χ4n) is 3.46. The van der Waals surface area contributed by atoms with Gasteiger partial charge in [-0.25, -0.2) is 9.37 Å². The zero-order valence-electron chi connectivity index (χ0n) is 18.3. The minimum atomic E-state index is -4.40. The van der Waals surface area contributed by atoms with Crippen molar-refractivity contribution < 1.29 is 22.3 Å². The van der Waals surface area contributed by atoms with Crippen molar-refractivity contribution in [3.05, 3.63) is 71.2 Å². The number of hydrogen-bond donors (Lipinski definition) is 1. The lowest BCUT2D eigenvalue weighted by molar-refractivity contribution is -0.137. The molecule has 0 radical (unpaired) electrons. The average Bonchev–Trinajstić information content (AvgIpc) is 2.82. The first kappa shape index (κ1) is 23.6. The molecule has 0 bridgehead atoms. The fraction of sp³-hybridized carbons (Fsp3) is 0.304. The van der Waals surface area contributed by atoms with Crippen LogP contribution in [-0.2, 0) is 17.5 Å². The summed E-state index contributed by atoms with van der Waals surface area (Å²) in [6.45, 7) is 4.17. The van der Waals surface area contributed by atoms with Gasteiger partial charge in [0.05, 0.1) is 31.5 Å². The number of halogens is 4. The maximum atomic E-state index is 14.1. The van der Waals surface area contributed by atoms with Crippen LogP contribution < -0.4 is 10.2 Å². The van der Waals surface area contributed by atoms with E-state index in [1.807, 2.05) is 19.1 Å². The summed E-state index contributed by atoms with van der Waals surface area (Å²) in [6, 6.07) is 10.4. The van der Waals surface area contributed by atoms with Crippen molar-refractivity contribution in [1.82, 2.24) is 9.97 Å². The molecule has 0 saturated carbocycles. The molecule has 1 saturated heterocycles. The summed E-state index contributed by atoms with van der Waals surface area (Å²) in [5.74, 6) is -0.294. The number of morpholine rings is 1. The lowest BCUT2D eigenvalue weighted by Gasteiger charge is -2.27. The highest BCUT2D eigenvalue weighted by Gasteiger charge is 2.30. The molecule has 2 heterocycles. The minimum absolute atomic E-state index is 0.0587. The fourth-order valence-corrected chi connectivity index (χ4v) is 3.46. The van der Waals surface area contributed by atoms with E-state index in [4.69, 9.17) is 4.74 Å². The van der Waals surface area contributed by atoms with Gasteiger partial charge in [0.2, 0.25) is 0 Å². The molecule has 178 valence electrons. The number of nitrogens with zero attached hydrogens (tertiary/aromatic N) is 5. The standard InChI is InChI=1S/C23H22F4N6O/c1-15-11-19(30-18-4-2-3-17(12-18)23(25,26)27)6-5-16(15)13-29-32-22-28-14-20(24)21(31-22)33-7-9-34-10-8-33/h2-6,11-12,14,30H,7-10,13H2,1H3. The molecular weight excluding hydrogens is 452 g/mol. The lowest BCUT2D eigenvalue weighted by atomic mass is 10.1. The second-order valence-corrected chi connectivity index (χ2v) is 7.69. The Morgan fingerprint density at radius 1 is 1.09 bits per heavy atom. The van der Waals surface area contributed by atoms with E-state index in [0.29, 0.717) is 37.7 Å². The van der Waals surface area contributed by atoms with Crippen LogP contribution >= 0.6 is 0 Å². The van der Waals surface area contributed by atoms with Crippen LogP contribution in [-0.4, -0.2) is 36.3 Å². The van der Waals surface area contributed by atoms with Gasteiger partial charge in [-0.05, 0) is 48.4 Å². The molecule has 0 unspecified atom stereocenters. The van der Waals surface area contributed by atoms with E-state index in [2.05, 4.69) is 25.5 Å². The van der Waals surface area contributed by atoms with Gasteiger partial charge in [-0.1, -0.05) is 12.1 Å². The normalized spacial score (nSPS) is 14.6. The number of rotatable bonds is 6. The second-order valence-electron chi connectivity index (χ2n) is 7.69. The second kappa shape index (κ2) is 10.1. The van der Waals surface area contributed by atoms with E-state index < -0.39 is 17.6 Å². The molecule has 1 N–H and O–H groups in total. The van der Waals surface area contributed by atoms with Gasteiger partial charge in [0.1, 0.15) is 0 Å². The van der Waals surface area contributed by atoms with E-state index in [9.17, 15) is 17.6 Å². The van der Waals surface area contributed by atoms with Crippen molar-refractivity contribution in [2.75, 3.05) is 36.5 Å². The van der Waals surface area contributed by atoms with Crippen molar-refractivity contribution in [3.8, 4) is 0 Å². The molecule has 0 aliphatic carbocycles. The zero-order chi connectivity index (χ0) is 24.1. The SMILES string of the molecule is Cc1cc(Nc2cccc(C(F)(F)F)c2)ccc1CN=Nc1ncc(F)c(N2CCOCC2)n1. The summed E-state index contributed by atoms with van der Waals surface area (Å²) in [7, 11) is 0. The smallest absolute Gasteiger partial charge is 0.378 e. The van der Waals surface area contributed by atoms with E-state index in [-0.39, 0.29) is 18.3 Å². The van der Waals surface area contributed by atoms with Crippen molar-refractivity contribution in [2.24, 2.45) is 10.2 Å². The third kappa shape index (κ3) is 5.84. The third-order valence-corrected chi connectivity index (χ3v) is 5.25. The first-order valence-corrected chi connectivity index (χ1v) is 10.6. The molecule has 1 aromatic heterocycles. The predicted molar refractivity (Wildman–Crippen MR) is 119 cm³/mol. The molecule has 1 aliphatic rings. The first-order valence-electron chi connectivity index (χ1n) is 10.6. The highest BCUT2D eigenvalue weighted by Crippen LogP contribution is 2.31. The molecule has 11 heteroatoms. The van der Waals surface area contributed by atoms with Crippen molar-refractivity contribution in [1.29, 1.82) is 0 Å². The number of azo groups is 1. The van der Waals surface area contributed by atoms with Crippen LogP contribution in [0, 0.1) is 12.7 Å². The van der Waals surface area contributed by atoms with Gasteiger partial charge in [-0.15, -0.1) is 5.11 Å². The number of aryl methyl sites for hydroxylation is 1. The number of ether oxygens (including phenoxy) is 1. The number of benzene rings is 2. The van der Waals surface area contributed by atoms with Crippen LogP contribution in [0.4, 0.5) is 40.7 Å². The van der Waals surface area contributed by atoms with Crippen LogP contribution in [0.15, 0.2) is 58.9 Å². The van der Waals surface area contributed by atoms with Gasteiger partial charge in [0.15, 0.2) is 11.6 Å². The number of nitrogens with one attached hydrogen (secondary N) is 1. The predicted octanol–water partition coefficient (Wildman–Crippen LogP) is 5.81. The van der Waals surface area contributed by atoms with Crippen LogP contribution in [0.25, 0.3) is 0 Å². The maximum Gasteiger partial charge on any atom is 0.416 e. The van der Waals surface area contributed by atoms with E-state index in [1.165, 1.54) is 6.07 Å². The Morgan fingerprint density at radius 2 is 1.85 bits per heavy atom.